The zero-order chi connectivity index (χ0) is 24.1. The van der Waals surface area contributed by atoms with E-state index in [1.54, 1.807) is 13.0 Å². The molecule has 176 valence electrons. The summed E-state index contributed by atoms with van der Waals surface area (Å²) < 4.78 is 16.8. The topological polar surface area (TPSA) is 60.9 Å². The van der Waals surface area contributed by atoms with Gasteiger partial charge < -0.3 is 10.3 Å². The Bertz CT molecular complexity index is 1290. The van der Waals surface area contributed by atoms with Crippen LogP contribution in [0, 0.1) is 19.7 Å². The average Bonchev–Trinajstić information content (AvgIpc) is 3.16. The number of nitrogens with two attached hydrogens (primary N) is 1. The van der Waals surface area contributed by atoms with Crippen molar-refractivity contribution in [3.63, 3.8) is 0 Å². The van der Waals surface area contributed by atoms with Gasteiger partial charge in [-0.3, -0.25) is 4.79 Å². The number of unbranched alkanes of at least 4 members (excludes halogenated alkanes) is 1. The van der Waals surface area contributed by atoms with Crippen molar-refractivity contribution in [2.75, 3.05) is 0 Å². The van der Waals surface area contributed by atoms with E-state index in [-0.39, 0.29) is 17.6 Å². The second kappa shape index (κ2) is 10.6. The van der Waals surface area contributed by atoms with Gasteiger partial charge in [-0.1, -0.05) is 55.0 Å². The van der Waals surface area contributed by atoms with Gasteiger partial charge in [0, 0.05) is 19.4 Å². The second-order valence-electron chi connectivity index (χ2n) is 9.15. The molecule has 0 saturated carbocycles. The van der Waals surface area contributed by atoms with Crippen LogP contribution in [0.3, 0.4) is 0 Å². The third-order valence-corrected chi connectivity index (χ3v) is 6.65. The molecule has 1 aromatic heterocycles. The molecular formula is C29H32FN3O. The van der Waals surface area contributed by atoms with Crippen LogP contribution in [0.5, 0.6) is 0 Å². The van der Waals surface area contributed by atoms with Crippen LogP contribution in [0.25, 0.3) is 11.0 Å². The number of aryl methyl sites for hydroxylation is 2. The van der Waals surface area contributed by atoms with Gasteiger partial charge in [0.2, 0.25) is 5.91 Å². The number of rotatable bonds is 10. The smallest absolute Gasteiger partial charge is 0.217 e. The molecule has 2 N–H and O–H groups in total. The Balaban J connectivity index is 1.68. The highest BCUT2D eigenvalue weighted by molar-refractivity contribution is 5.76. The first-order valence-corrected chi connectivity index (χ1v) is 12.0. The van der Waals surface area contributed by atoms with Gasteiger partial charge >= 0.3 is 0 Å². The van der Waals surface area contributed by atoms with Crippen LogP contribution in [-0.2, 0) is 17.8 Å². The van der Waals surface area contributed by atoms with Crippen LogP contribution >= 0.6 is 0 Å². The lowest BCUT2D eigenvalue weighted by Crippen LogP contribution is -2.13. The third kappa shape index (κ3) is 5.53. The Morgan fingerprint density at radius 1 is 1.00 bits per heavy atom. The van der Waals surface area contributed by atoms with Crippen LogP contribution in [-0.4, -0.2) is 15.5 Å². The number of primary amides is 1. The van der Waals surface area contributed by atoms with Crippen LogP contribution in [0.1, 0.15) is 59.7 Å². The van der Waals surface area contributed by atoms with E-state index in [2.05, 4.69) is 41.8 Å². The fourth-order valence-corrected chi connectivity index (χ4v) is 4.58. The van der Waals surface area contributed by atoms with E-state index < -0.39 is 0 Å². The predicted molar refractivity (Wildman–Crippen MR) is 135 cm³/mol. The minimum Gasteiger partial charge on any atom is -0.370 e. The molecule has 4 aromatic rings. The molecule has 1 heterocycles. The minimum atomic E-state index is -0.280. The van der Waals surface area contributed by atoms with Crippen LogP contribution in [0.2, 0.25) is 0 Å². The van der Waals surface area contributed by atoms with Gasteiger partial charge in [-0.2, -0.15) is 0 Å². The largest absolute Gasteiger partial charge is 0.370 e. The number of amides is 1. The molecule has 0 aliphatic heterocycles. The maximum atomic E-state index is 14.5. The highest BCUT2D eigenvalue weighted by atomic mass is 19.1. The van der Waals surface area contributed by atoms with Gasteiger partial charge in [0.1, 0.15) is 11.6 Å². The van der Waals surface area contributed by atoms with Crippen LogP contribution < -0.4 is 5.73 Å². The monoisotopic (exact) mass is 457 g/mol. The lowest BCUT2D eigenvalue weighted by Gasteiger charge is -2.19. The molecule has 1 unspecified atom stereocenters. The van der Waals surface area contributed by atoms with Crippen molar-refractivity contribution in [3.05, 3.63) is 101 Å². The maximum absolute atomic E-state index is 14.5. The second-order valence-corrected chi connectivity index (χ2v) is 9.15. The van der Waals surface area contributed by atoms with Crippen LogP contribution in [0.4, 0.5) is 4.39 Å². The predicted octanol–water partition coefficient (Wildman–Crippen LogP) is 6.21. The summed E-state index contributed by atoms with van der Waals surface area (Å²) in [6.07, 6.45) is 3.49. The standard InChI is InChI=1S/C29H32FN3O/c1-20-9-3-4-11-24(20)19-33-27-13-7-6-12-26(27)32-29(33)18-22(10-5-8-14-28(31)34)23-16-15-21(2)25(30)17-23/h3-4,6-7,9,11-13,15-17,22H,5,8,10,14,18-19H2,1-2H3,(H2,31,34). The molecule has 1 atom stereocenters. The lowest BCUT2D eigenvalue weighted by atomic mass is 9.89. The summed E-state index contributed by atoms with van der Waals surface area (Å²) in [5.74, 6) is 0.617. The van der Waals surface area contributed by atoms with E-state index in [9.17, 15) is 9.18 Å². The van der Waals surface area contributed by atoms with E-state index in [1.165, 1.54) is 11.1 Å². The molecule has 0 saturated heterocycles. The van der Waals surface area contributed by atoms with Gasteiger partial charge in [-0.05, 0) is 73.1 Å². The number of halogens is 1. The zero-order valence-corrected chi connectivity index (χ0v) is 19.9. The number of carbonyl (C=O) groups excluding carboxylic acids is 1. The van der Waals surface area contributed by atoms with Crippen molar-refractivity contribution in [1.82, 2.24) is 9.55 Å². The highest BCUT2D eigenvalue weighted by Crippen LogP contribution is 2.30. The normalized spacial score (nSPS) is 12.2. The first kappa shape index (κ1) is 23.7. The summed E-state index contributed by atoms with van der Waals surface area (Å²) >= 11 is 0. The summed E-state index contributed by atoms with van der Waals surface area (Å²) in [6.45, 7) is 4.65. The number of hydrogen-bond acceptors (Lipinski definition) is 2. The van der Waals surface area contributed by atoms with E-state index >= 15 is 0 Å². The van der Waals surface area contributed by atoms with Crippen molar-refractivity contribution in [3.8, 4) is 0 Å². The maximum Gasteiger partial charge on any atom is 0.217 e. The summed E-state index contributed by atoms with van der Waals surface area (Å²) in [6, 6.07) is 22.1. The molecule has 0 fully saturated rings. The molecule has 4 rings (SSSR count). The lowest BCUT2D eigenvalue weighted by molar-refractivity contribution is -0.118. The van der Waals surface area contributed by atoms with E-state index in [1.807, 2.05) is 30.3 Å². The van der Waals surface area contributed by atoms with Crippen LogP contribution in [0.15, 0.2) is 66.7 Å². The molecule has 34 heavy (non-hydrogen) atoms. The number of fused-ring (bicyclic) bond motifs is 1. The number of carbonyl (C=O) groups is 1. The van der Waals surface area contributed by atoms with Crippen molar-refractivity contribution < 1.29 is 9.18 Å². The van der Waals surface area contributed by atoms with E-state index in [4.69, 9.17) is 10.7 Å². The van der Waals surface area contributed by atoms with E-state index in [0.29, 0.717) is 18.4 Å². The van der Waals surface area contributed by atoms with Gasteiger partial charge in [-0.15, -0.1) is 0 Å². The first-order chi connectivity index (χ1) is 16.4. The molecule has 4 nitrogen and oxygen atoms in total. The summed E-state index contributed by atoms with van der Waals surface area (Å²) in [7, 11) is 0. The summed E-state index contributed by atoms with van der Waals surface area (Å²) in [4.78, 5) is 16.2. The fraction of sp³-hybridized carbons (Fsp3) is 0.310. The average molecular weight is 458 g/mol. The molecule has 0 radical (unpaired) electrons. The Labute approximate surface area is 200 Å². The van der Waals surface area contributed by atoms with Gasteiger partial charge in [0.15, 0.2) is 0 Å². The molecule has 0 bridgehead atoms. The van der Waals surface area contributed by atoms with Gasteiger partial charge in [-0.25, -0.2) is 9.37 Å². The number of nitrogens with zero attached hydrogens (tertiary/aromatic N) is 2. The molecule has 0 aliphatic rings. The number of para-hydroxylation sites is 2. The van der Waals surface area contributed by atoms with Crippen molar-refractivity contribution in [1.29, 1.82) is 0 Å². The fourth-order valence-electron chi connectivity index (χ4n) is 4.58. The third-order valence-electron chi connectivity index (χ3n) is 6.65. The van der Waals surface area contributed by atoms with Gasteiger partial charge in [0.05, 0.1) is 11.0 Å². The molecule has 5 heteroatoms. The molecule has 1 amide bonds. The number of benzene rings is 3. The Morgan fingerprint density at radius 2 is 1.76 bits per heavy atom. The van der Waals surface area contributed by atoms with Crippen molar-refractivity contribution in [2.24, 2.45) is 5.73 Å². The Morgan fingerprint density at radius 3 is 2.53 bits per heavy atom. The SMILES string of the molecule is Cc1ccc(C(CCCCC(N)=O)Cc2nc3ccccc3n2Cc2ccccc2C)cc1F. The van der Waals surface area contributed by atoms with E-state index in [0.717, 1.165) is 48.2 Å². The minimum absolute atomic E-state index is 0.0930. The molecule has 0 spiro atoms. The number of imidazole rings is 1. The van der Waals surface area contributed by atoms with Crippen molar-refractivity contribution in [2.45, 2.75) is 58.4 Å². The number of hydrogen-bond donors (Lipinski definition) is 1. The number of aromatic nitrogens is 2. The Hall–Kier alpha value is -3.47. The molecular weight excluding hydrogens is 425 g/mol. The molecule has 0 aliphatic carbocycles. The quantitative estimate of drug-likeness (QED) is 0.288. The highest BCUT2D eigenvalue weighted by Gasteiger charge is 2.19. The summed E-state index contributed by atoms with van der Waals surface area (Å²) in [5.41, 5.74) is 11.5. The molecule has 3 aromatic carbocycles. The first-order valence-electron chi connectivity index (χ1n) is 12.0. The Kier molecular flexibility index (Phi) is 7.41. The zero-order valence-electron chi connectivity index (χ0n) is 19.9. The summed E-state index contributed by atoms with van der Waals surface area (Å²) in [5, 5.41) is 0. The van der Waals surface area contributed by atoms with Crippen molar-refractivity contribution >= 4 is 16.9 Å². The van der Waals surface area contributed by atoms with Gasteiger partial charge in [0.25, 0.3) is 0 Å².